The molecular weight excluding hydrogens is 142 g/mol. The van der Waals surface area contributed by atoms with Crippen LogP contribution in [-0.2, 0) is 9.57 Å². The molecule has 3 nitrogen and oxygen atoms in total. The lowest BCUT2D eigenvalue weighted by Crippen LogP contribution is -2.50. The van der Waals surface area contributed by atoms with Gasteiger partial charge in [0.1, 0.15) is 0 Å². The lowest BCUT2D eigenvalue weighted by molar-refractivity contribution is -0.160. The Hall–Kier alpha value is -0.570. The molecule has 0 radical (unpaired) electrons. The molecule has 11 heavy (non-hydrogen) atoms. The average molecular weight is 153 g/mol. The Kier molecular flexibility index (Phi) is 1.08. The number of hydrogen-bond donors (Lipinski definition) is 0. The topological polar surface area (TPSA) is 30.8 Å². The molecule has 60 valence electrons. The zero-order chi connectivity index (χ0) is 7.26. The summed E-state index contributed by atoms with van der Waals surface area (Å²) in [7, 11) is 0. The second-order valence-electron chi connectivity index (χ2n) is 3.61. The Morgan fingerprint density at radius 2 is 2.36 bits per heavy atom. The van der Waals surface area contributed by atoms with E-state index in [9.17, 15) is 0 Å². The van der Waals surface area contributed by atoms with E-state index in [1.165, 1.54) is 6.42 Å². The summed E-state index contributed by atoms with van der Waals surface area (Å²) in [5.41, 5.74) is 0. The Morgan fingerprint density at radius 1 is 1.36 bits per heavy atom. The van der Waals surface area contributed by atoms with Crippen molar-refractivity contribution in [3.05, 3.63) is 0 Å². The van der Waals surface area contributed by atoms with E-state index in [0.29, 0.717) is 17.9 Å². The second kappa shape index (κ2) is 1.97. The van der Waals surface area contributed by atoms with Crippen LogP contribution in [0.25, 0.3) is 0 Å². The lowest BCUT2D eigenvalue weighted by Gasteiger charge is -2.42. The molecule has 3 heteroatoms. The van der Waals surface area contributed by atoms with Gasteiger partial charge in [-0.05, 0) is 18.8 Å². The Balaban J connectivity index is 1.93. The first-order valence-electron chi connectivity index (χ1n) is 4.26. The normalized spacial score (nSPS) is 52.4. The van der Waals surface area contributed by atoms with Crippen molar-refractivity contribution in [1.29, 1.82) is 0 Å². The van der Waals surface area contributed by atoms with Crippen LogP contribution in [0.4, 0.5) is 0 Å². The summed E-state index contributed by atoms with van der Waals surface area (Å²) in [6.07, 6.45) is 5.00. The van der Waals surface area contributed by atoms with Crippen molar-refractivity contribution in [3.63, 3.8) is 0 Å². The summed E-state index contributed by atoms with van der Waals surface area (Å²) in [6.45, 7) is 0.918. The summed E-state index contributed by atoms with van der Waals surface area (Å²) in [5.74, 6) is 1.23. The van der Waals surface area contributed by atoms with Gasteiger partial charge in [0.05, 0.1) is 18.9 Å². The van der Waals surface area contributed by atoms with Crippen molar-refractivity contribution in [1.82, 2.24) is 0 Å². The molecule has 2 saturated heterocycles. The van der Waals surface area contributed by atoms with Gasteiger partial charge in [-0.25, -0.2) is 0 Å². The maximum absolute atomic E-state index is 5.59. The van der Waals surface area contributed by atoms with Gasteiger partial charge >= 0.3 is 0 Å². The molecule has 3 fully saturated rings. The molecule has 0 unspecified atom stereocenters. The molecule has 0 spiro atoms. The largest absolute Gasteiger partial charge is 0.389 e. The van der Waals surface area contributed by atoms with Crippen LogP contribution >= 0.6 is 0 Å². The lowest BCUT2D eigenvalue weighted by atomic mass is 9.75. The van der Waals surface area contributed by atoms with Gasteiger partial charge in [-0.3, -0.25) is 0 Å². The molecule has 0 aromatic rings. The average Bonchev–Trinajstić information content (AvgIpc) is 2.55. The summed E-state index contributed by atoms with van der Waals surface area (Å²) in [4.78, 5) is 5.24. The molecule has 0 aromatic heterocycles. The third kappa shape index (κ3) is 0.692. The molecule has 2 bridgehead atoms. The molecule has 3 aliphatic heterocycles. The molecule has 4 aliphatic rings. The third-order valence-electron chi connectivity index (χ3n) is 3.05. The highest BCUT2D eigenvalue weighted by Crippen LogP contribution is 2.40. The number of ether oxygens (including phenoxy) is 1. The van der Waals surface area contributed by atoms with Crippen LogP contribution in [0.3, 0.4) is 0 Å². The minimum atomic E-state index is 0.252. The summed E-state index contributed by atoms with van der Waals surface area (Å²) in [5, 5.41) is 3.86. The first kappa shape index (κ1) is 6.00. The predicted octanol–water partition coefficient (Wildman–Crippen LogP) is 0.796. The first-order valence-corrected chi connectivity index (χ1v) is 4.26. The molecule has 4 rings (SSSR count). The van der Waals surface area contributed by atoms with Gasteiger partial charge in [-0.15, -0.1) is 0 Å². The van der Waals surface area contributed by atoms with E-state index < -0.39 is 0 Å². The van der Waals surface area contributed by atoms with Crippen LogP contribution < -0.4 is 0 Å². The van der Waals surface area contributed by atoms with E-state index in [1.54, 1.807) is 0 Å². The smallest absolute Gasteiger partial charge is 0.161 e. The second-order valence-corrected chi connectivity index (χ2v) is 3.61. The van der Waals surface area contributed by atoms with Crippen LogP contribution in [0.1, 0.15) is 12.8 Å². The van der Waals surface area contributed by atoms with Crippen LogP contribution in [0.5, 0.6) is 0 Å². The van der Waals surface area contributed by atoms with Gasteiger partial charge in [-0.1, -0.05) is 5.16 Å². The molecule has 0 N–H and O–H groups in total. The minimum absolute atomic E-state index is 0.252. The van der Waals surface area contributed by atoms with Crippen LogP contribution in [0, 0.1) is 11.8 Å². The highest BCUT2D eigenvalue weighted by atomic mass is 16.7. The van der Waals surface area contributed by atoms with E-state index in [1.807, 2.05) is 6.21 Å². The molecule has 3 heterocycles. The first-order chi connectivity index (χ1) is 5.45. The van der Waals surface area contributed by atoms with Crippen molar-refractivity contribution in [2.45, 2.75) is 25.0 Å². The number of rotatable bonds is 0. The molecule has 4 atom stereocenters. The monoisotopic (exact) mass is 153 g/mol. The Bertz CT molecular complexity index is 196. The molecular formula is C8H11NO2. The zero-order valence-corrected chi connectivity index (χ0v) is 6.27. The predicted molar refractivity (Wildman–Crippen MR) is 39.3 cm³/mol. The van der Waals surface area contributed by atoms with Crippen LogP contribution in [-0.4, -0.2) is 25.0 Å². The highest BCUT2D eigenvalue weighted by molar-refractivity contribution is 5.63. The third-order valence-corrected chi connectivity index (χ3v) is 3.05. The standard InChI is InChI=1S/C8H11NO2/c1-2-7-8-6(3-9-11-8)5(1)4-10-7/h3,5-8H,1-2,4H2/t5-,6+,7-,8+/m0/s1. The number of fused-ring (bicyclic) bond motifs is 2. The van der Waals surface area contributed by atoms with E-state index in [0.717, 1.165) is 13.0 Å². The Morgan fingerprint density at radius 3 is 3.09 bits per heavy atom. The fourth-order valence-corrected chi connectivity index (χ4v) is 2.39. The van der Waals surface area contributed by atoms with Gasteiger partial charge in [0.25, 0.3) is 0 Å². The van der Waals surface area contributed by atoms with Crippen molar-refractivity contribution < 1.29 is 9.57 Å². The minimum Gasteiger partial charge on any atom is -0.389 e. The molecule has 0 aromatic carbocycles. The van der Waals surface area contributed by atoms with Crippen LogP contribution in [0.15, 0.2) is 5.16 Å². The van der Waals surface area contributed by atoms with E-state index in [4.69, 9.17) is 9.57 Å². The van der Waals surface area contributed by atoms with E-state index >= 15 is 0 Å². The Labute approximate surface area is 65.4 Å². The fourth-order valence-electron chi connectivity index (χ4n) is 2.39. The highest BCUT2D eigenvalue weighted by Gasteiger charge is 2.47. The van der Waals surface area contributed by atoms with Crippen molar-refractivity contribution in [2.24, 2.45) is 17.0 Å². The number of oxime groups is 1. The molecule has 1 aliphatic carbocycles. The van der Waals surface area contributed by atoms with Gasteiger partial charge in [0.2, 0.25) is 0 Å². The summed E-state index contributed by atoms with van der Waals surface area (Å²) in [6, 6.07) is 0. The van der Waals surface area contributed by atoms with Crippen molar-refractivity contribution in [3.8, 4) is 0 Å². The quantitative estimate of drug-likeness (QED) is 0.515. The van der Waals surface area contributed by atoms with E-state index in [2.05, 4.69) is 5.16 Å². The molecule has 0 amide bonds. The van der Waals surface area contributed by atoms with Gasteiger partial charge in [-0.2, -0.15) is 0 Å². The summed E-state index contributed by atoms with van der Waals surface area (Å²) < 4.78 is 5.59. The number of hydrogen-bond acceptors (Lipinski definition) is 3. The number of nitrogens with zero attached hydrogens (tertiary/aromatic N) is 1. The SMILES string of the molecule is C1=NO[C@@H]2[C@H]1[C@H]1CC[C@@H]2OC1. The maximum Gasteiger partial charge on any atom is 0.161 e. The van der Waals surface area contributed by atoms with Gasteiger partial charge < -0.3 is 9.57 Å². The zero-order valence-electron chi connectivity index (χ0n) is 6.27. The fraction of sp³-hybridized carbons (Fsp3) is 0.875. The van der Waals surface area contributed by atoms with Gasteiger partial charge in [0.15, 0.2) is 6.10 Å². The van der Waals surface area contributed by atoms with Crippen LogP contribution in [0.2, 0.25) is 0 Å². The van der Waals surface area contributed by atoms with Crippen molar-refractivity contribution in [2.75, 3.05) is 6.61 Å². The van der Waals surface area contributed by atoms with E-state index in [-0.39, 0.29) is 6.10 Å². The summed E-state index contributed by atoms with van der Waals surface area (Å²) >= 11 is 0. The van der Waals surface area contributed by atoms with Crippen molar-refractivity contribution >= 4 is 6.21 Å². The maximum atomic E-state index is 5.59. The van der Waals surface area contributed by atoms with Gasteiger partial charge in [0, 0.05) is 5.92 Å². The molecule has 1 saturated carbocycles.